The predicted octanol–water partition coefficient (Wildman–Crippen LogP) is 3.41. The molecule has 0 rings (SSSR count). The van der Waals surface area contributed by atoms with Crippen LogP contribution in [0.25, 0.3) is 0 Å². The molecule has 0 unspecified atom stereocenters. The standard InChI is InChI=1S/C17H36O4Si2/c1-3-5-7-9-14-22-20-16(18)12-11-13-17(19)21-23-15-10-8-6-4-2/h3-15,22-23H2,1-2H3. The van der Waals surface area contributed by atoms with Crippen molar-refractivity contribution in [2.45, 2.75) is 96.6 Å². The topological polar surface area (TPSA) is 52.6 Å². The monoisotopic (exact) mass is 360 g/mol. The van der Waals surface area contributed by atoms with E-state index in [0.29, 0.717) is 19.3 Å². The molecule has 136 valence electrons. The Bertz CT molecular complexity index is 270. The summed E-state index contributed by atoms with van der Waals surface area (Å²) in [4.78, 5) is 23.1. The van der Waals surface area contributed by atoms with Crippen LogP contribution in [0.5, 0.6) is 0 Å². The van der Waals surface area contributed by atoms with Crippen molar-refractivity contribution in [3.05, 3.63) is 0 Å². The Hall–Kier alpha value is -0.626. The molecule has 0 aliphatic heterocycles. The van der Waals surface area contributed by atoms with Crippen LogP contribution in [-0.2, 0) is 18.4 Å². The summed E-state index contributed by atoms with van der Waals surface area (Å²) in [5.74, 6) is -0.256. The van der Waals surface area contributed by atoms with Gasteiger partial charge in [-0.3, -0.25) is 9.59 Å². The predicted molar refractivity (Wildman–Crippen MR) is 101 cm³/mol. The first-order valence-corrected chi connectivity index (χ1v) is 12.7. The fourth-order valence-electron chi connectivity index (χ4n) is 2.30. The van der Waals surface area contributed by atoms with Gasteiger partial charge in [0.05, 0.1) is 0 Å². The van der Waals surface area contributed by atoms with Gasteiger partial charge in [-0.25, -0.2) is 0 Å². The number of unbranched alkanes of at least 4 members (excludes halogenated alkanes) is 6. The van der Waals surface area contributed by atoms with Crippen LogP contribution in [-0.4, -0.2) is 31.5 Å². The average Bonchev–Trinajstić information content (AvgIpc) is 2.54. The van der Waals surface area contributed by atoms with E-state index in [-0.39, 0.29) is 11.9 Å². The fraction of sp³-hybridized carbons (Fsp3) is 0.882. The van der Waals surface area contributed by atoms with E-state index < -0.39 is 19.5 Å². The van der Waals surface area contributed by atoms with Gasteiger partial charge in [0.2, 0.25) is 19.5 Å². The molecule has 0 saturated heterocycles. The molecule has 0 fully saturated rings. The van der Waals surface area contributed by atoms with E-state index in [4.69, 9.17) is 8.85 Å². The van der Waals surface area contributed by atoms with Gasteiger partial charge in [-0.2, -0.15) is 0 Å². The molecule has 0 aliphatic rings. The van der Waals surface area contributed by atoms with Gasteiger partial charge in [-0.05, 0) is 18.5 Å². The maximum absolute atomic E-state index is 11.5. The minimum Gasteiger partial charge on any atom is -0.525 e. The zero-order valence-electron chi connectivity index (χ0n) is 15.2. The third-order valence-electron chi connectivity index (χ3n) is 3.78. The molecule has 0 spiro atoms. The molecule has 23 heavy (non-hydrogen) atoms. The molecule has 0 aromatic rings. The molecule has 0 bridgehead atoms. The van der Waals surface area contributed by atoms with Crippen LogP contribution in [0.15, 0.2) is 0 Å². The number of carbonyl (C=O) groups excluding carboxylic acids is 2. The van der Waals surface area contributed by atoms with Crippen molar-refractivity contribution in [2.24, 2.45) is 0 Å². The largest absolute Gasteiger partial charge is 0.525 e. The molecular weight excluding hydrogens is 324 g/mol. The molecular formula is C17H36O4Si2. The van der Waals surface area contributed by atoms with E-state index in [1.54, 1.807) is 0 Å². The van der Waals surface area contributed by atoms with E-state index in [2.05, 4.69) is 13.8 Å². The summed E-state index contributed by atoms with van der Waals surface area (Å²) in [6.45, 7) is 4.38. The first-order chi connectivity index (χ1) is 11.2. The normalized spacial score (nSPS) is 11.6. The smallest absolute Gasteiger partial charge is 0.292 e. The van der Waals surface area contributed by atoms with Crippen LogP contribution in [0.1, 0.15) is 84.5 Å². The molecule has 0 N–H and O–H groups in total. The first kappa shape index (κ1) is 22.4. The van der Waals surface area contributed by atoms with Crippen LogP contribution < -0.4 is 0 Å². The minimum atomic E-state index is -0.694. The van der Waals surface area contributed by atoms with E-state index >= 15 is 0 Å². The summed E-state index contributed by atoms with van der Waals surface area (Å²) < 4.78 is 10.6. The van der Waals surface area contributed by atoms with Gasteiger partial charge in [0.25, 0.3) is 11.9 Å². The summed E-state index contributed by atoms with van der Waals surface area (Å²) in [5, 5.41) is 0. The van der Waals surface area contributed by atoms with E-state index in [0.717, 1.165) is 12.1 Å². The van der Waals surface area contributed by atoms with Gasteiger partial charge in [-0.1, -0.05) is 65.2 Å². The molecule has 0 heterocycles. The zero-order chi connectivity index (χ0) is 17.2. The van der Waals surface area contributed by atoms with Crippen LogP contribution in [0, 0.1) is 0 Å². The van der Waals surface area contributed by atoms with Crippen LogP contribution in [0.3, 0.4) is 0 Å². The summed E-state index contributed by atoms with van der Waals surface area (Å²) in [6.07, 6.45) is 11.1. The Morgan fingerprint density at radius 1 is 0.652 bits per heavy atom. The molecule has 0 aromatic carbocycles. The Kier molecular flexibility index (Phi) is 17.2. The highest BCUT2D eigenvalue weighted by Gasteiger charge is 2.07. The second kappa shape index (κ2) is 17.7. The number of hydrogen-bond donors (Lipinski definition) is 0. The molecule has 0 saturated carbocycles. The highest BCUT2D eigenvalue weighted by atomic mass is 28.2. The van der Waals surface area contributed by atoms with Crippen LogP contribution >= 0.6 is 0 Å². The average molecular weight is 361 g/mol. The maximum atomic E-state index is 11.5. The zero-order valence-corrected chi connectivity index (χ0v) is 18.1. The molecule has 4 nitrogen and oxygen atoms in total. The summed E-state index contributed by atoms with van der Waals surface area (Å²) in [7, 11) is -1.39. The highest BCUT2D eigenvalue weighted by molar-refractivity contribution is 6.30. The van der Waals surface area contributed by atoms with Gasteiger partial charge in [0, 0.05) is 12.8 Å². The Morgan fingerprint density at radius 3 is 1.48 bits per heavy atom. The van der Waals surface area contributed by atoms with Gasteiger partial charge >= 0.3 is 0 Å². The fourth-order valence-corrected chi connectivity index (χ4v) is 4.45. The van der Waals surface area contributed by atoms with Gasteiger partial charge in [0.15, 0.2) is 0 Å². The van der Waals surface area contributed by atoms with Crippen molar-refractivity contribution in [3.63, 3.8) is 0 Å². The lowest BCUT2D eigenvalue weighted by Gasteiger charge is -2.06. The lowest BCUT2D eigenvalue weighted by atomic mass is 10.2. The molecule has 0 atom stereocenters. The number of rotatable bonds is 16. The van der Waals surface area contributed by atoms with Crippen molar-refractivity contribution in [1.82, 2.24) is 0 Å². The third kappa shape index (κ3) is 17.6. The van der Waals surface area contributed by atoms with Crippen molar-refractivity contribution in [3.8, 4) is 0 Å². The van der Waals surface area contributed by atoms with Crippen molar-refractivity contribution in [1.29, 1.82) is 0 Å². The van der Waals surface area contributed by atoms with Gasteiger partial charge in [0.1, 0.15) is 0 Å². The maximum Gasteiger partial charge on any atom is 0.292 e. The van der Waals surface area contributed by atoms with Crippen molar-refractivity contribution >= 4 is 31.5 Å². The quantitative estimate of drug-likeness (QED) is 0.313. The number of hydrogen-bond acceptors (Lipinski definition) is 4. The Morgan fingerprint density at radius 2 is 1.09 bits per heavy atom. The molecule has 0 radical (unpaired) electrons. The Balaban J connectivity index is 3.33. The molecule has 0 amide bonds. The van der Waals surface area contributed by atoms with E-state index in [1.165, 1.54) is 51.4 Å². The van der Waals surface area contributed by atoms with Crippen LogP contribution in [0.4, 0.5) is 0 Å². The minimum absolute atomic E-state index is 0.128. The van der Waals surface area contributed by atoms with Gasteiger partial charge < -0.3 is 8.85 Å². The Labute approximate surface area is 147 Å². The molecule has 6 heteroatoms. The third-order valence-corrected chi connectivity index (χ3v) is 6.41. The summed E-state index contributed by atoms with van der Waals surface area (Å²) >= 11 is 0. The first-order valence-electron chi connectivity index (χ1n) is 9.52. The summed E-state index contributed by atoms with van der Waals surface area (Å²) in [5.41, 5.74) is 0. The van der Waals surface area contributed by atoms with Crippen LogP contribution in [0.2, 0.25) is 12.1 Å². The molecule has 0 aromatic heterocycles. The van der Waals surface area contributed by atoms with Gasteiger partial charge in [-0.15, -0.1) is 0 Å². The summed E-state index contributed by atoms with van der Waals surface area (Å²) in [6, 6.07) is 2.16. The lowest BCUT2D eigenvalue weighted by Crippen LogP contribution is -2.11. The second-order valence-corrected chi connectivity index (χ2v) is 8.93. The van der Waals surface area contributed by atoms with E-state index in [1.807, 2.05) is 0 Å². The SMILES string of the molecule is CCCCCC[SiH2]OC(=O)CCCC(=O)O[SiH2]CCCCCC. The van der Waals surface area contributed by atoms with Crippen molar-refractivity contribution < 1.29 is 18.4 Å². The van der Waals surface area contributed by atoms with Crippen molar-refractivity contribution in [2.75, 3.05) is 0 Å². The van der Waals surface area contributed by atoms with E-state index in [9.17, 15) is 9.59 Å². The lowest BCUT2D eigenvalue weighted by molar-refractivity contribution is -0.136. The molecule has 0 aliphatic carbocycles. The number of carbonyl (C=O) groups is 2. The highest BCUT2D eigenvalue weighted by Crippen LogP contribution is 2.05. The second-order valence-electron chi connectivity index (χ2n) is 6.12.